The van der Waals surface area contributed by atoms with Gasteiger partial charge in [0, 0.05) is 23.2 Å². The highest BCUT2D eigenvalue weighted by atomic mass is 16.5. The molecule has 0 bridgehead atoms. The van der Waals surface area contributed by atoms with Crippen LogP contribution in [0.4, 0.5) is 0 Å². The van der Waals surface area contributed by atoms with Crippen LogP contribution in [0.1, 0.15) is 37.1 Å². The lowest BCUT2D eigenvalue weighted by Gasteiger charge is -2.17. The third kappa shape index (κ3) is 4.39. The van der Waals surface area contributed by atoms with Crippen LogP contribution in [0.15, 0.2) is 51.8 Å². The minimum Gasteiger partial charge on any atom is -0.480 e. The third-order valence-corrected chi connectivity index (χ3v) is 4.56. The lowest BCUT2D eigenvalue weighted by atomic mass is 10.0. The van der Waals surface area contributed by atoms with Crippen molar-refractivity contribution in [2.24, 2.45) is 0 Å². The maximum Gasteiger partial charge on any atom is 0.336 e. The van der Waals surface area contributed by atoms with E-state index >= 15 is 0 Å². The smallest absolute Gasteiger partial charge is 0.336 e. The van der Waals surface area contributed by atoms with E-state index in [4.69, 9.17) is 9.15 Å². The molecule has 0 spiro atoms. The van der Waals surface area contributed by atoms with Crippen molar-refractivity contribution in [2.75, 3.05) is 0 Å². The second-order valence-corrected chi connectivity index (χ2v) is 6.71. The van der Waals surface area contributed by atoms with E-state index in [1.54, 1.807) is 19.2 Å². The summed E-state index contributed by atoms with van der Waals surface area (Å²) in [6.45, 7) is 5.91. The molecule has 0 fully saturated rings. The summed E-state index contributed by atoms with van der Waals surface area (Å²) < 4.78 is 11.3. The van der Waals surface area contributed by atoms with Crippen molar-refractivity contribution in [2.45, 2.75) is 46.3 Å². The van der Waals surface area contributed by atoms with E-state index in [9.17, 15) is 9.59 Å². The number of carbonyl (C=O) groups is 1. The molecule has 1 aromatic carbocycles. The van der Waals surface area contributed by atoms with Crippen molar-refractivity contribution < 1.29 is 13.9 Å². The Hall–Kier alpha value is -3.15. The summed E-state index contributed by atoms with van der Waals surface area (Å²) in [4.78, 5) is 28.4. The largest absolute Gasteiger partial charge is 0.480 e. The Balaban J connectivity index is 1.77. The summed E-state index contributed by atoms with van der Waals surface area (Å²) in [5.74, 6) is 0.274. The minimum absolute atomic E-state index is 0.244. The summed E-state index contributed by atoms with van der Waals surface area (Å²) in [5, 5.41) is 3.71. The number of benzene rings is 1. The van der Waals surface area contributed by atoms with E-state index in [-0.39, 0.29) is 11.5 Å². The second kappa shape index (κ2) is 8.69. The number of aromatic nitrogens is 1. The van der Waals surface area contributed by atoms with Gasteiger partial charge in [-0.1, -0.05) is 19.4 Å². The van der Waals surface area contributed by atoms with Gasteiger partial charge in [-0.15, -0.1) is 0 Å². The molecule has 6 heteroatoms. The molecule has 3 rings (SSSR count). The van der Waals surface area contributed by atoms with E-state index in [1.807, 2.05) is 37.3 Å². The van der Waals surface area contributed by atoms with Crippen molar-refractivity contribution in [3.8, 4) is 5.75 Å². The number of amides is 1. The Kier molecular flexibility index (Phi) is 6.09. The van der Waals surface area contributed by atoms with E-state index in [1.165, 1.54) is 0 Å². The zero-order chi connectivity index (χ0) is 20.1. The molecule has 0 saturated heterocycles. The predicted octanol–water partition coefficient (Wildman–Crippen LogP) is 3.53. The number of nitrogens with one attached hydrogen (secondary N) is 1. The van der Waals surface area contributed by atoms with Gasteiger partial charge in [-0.2, -0.15) is 0 Å². The maximum absolute atomic E-state index is 12.4. The minimum atomic E-state index is -0.703. The first-order chi connectivity index (χ1) is 13.5. The van der Waals surface area contributed by atoms with Crippen LogP contribution < -0.4 is 15.7 Å². The van der Waals surface area contributed by atoms with Crippen LogP contribution in [-0.4, -0.2) is 17.0 Å². The average molecular weight is 380 g/mol. The molecule has 6 nitrogen and oxygen atoms in total. The van der Waals surface area contributed by atoms with Crippen molar-refractivity contribution >= 4 is 16.9 Å². The van der Waals surface area contributed by atoms with Gasteiger partial charge in [-0.3, -0.25) is 9.78 Å². The molecule has 0 unspecified atom stereocenters. The van der Waals surface area contributed by atoms with Crippen LogP contribution in [0.25, 0.3) is 11.0 Å². The second-order valence-electron chi connectivity index (χ2n) is 6.71. The highest BCUT2D eigenvalue weighted by Gasteiger charge is 2.18. The molecule has 2 aromatic heterocycles. The molecule has 28 heavy (non-hydrogen) atoms. The molecule has 0 aliphatic rings. The average Bonchev–Trinajstić information content (AvgIpc) is 2.69. The molecule has 0 aliphatic carbocycles. The summed E-state index contributed by atoms with van der Waals surface area (Å²) in [6.07, 6.45) is 2.71. The lowest BCUT2D eigenvalue weighted by molar-refractivity contribution is -0.127. The van der Waals surface area contributed by atoms with Crippen LogP contribution in [0.2, 0.25) is 0 Å². The molecule has 1 atom stereocenters. The van der Waals surface area contributed by atoms with E-state index in [2.05, 4.69) is 17.2 Å². The van der Waals surface area contributed by atoms with Gasteiger partial charge in [0.2, 0.25) is 0 Å². The topological polar surface area (TPSA) is 81.4 Å². The molecular weight excluding hydrogens is 356 g/mol. The summed E-state index contributed by atoms with van der Waals surface area (Å²) in [6, 6.07) is 10.8. The molecule has 0 aliphatic heterocycles. The number of fused-ring (bicyclic) bond motifs is 1. The molecule has 0 saturated carbocycles. The SMILES string of the molecule is CCCc1cc(=O)oc2c(C)c(O[C@H](C)C(=O)NCc3ccccn3)ccc12. The van der Waals surface area contributed by atoms with Crippen LogP contribution in [0, 0.1) is 6.92 Å². The number of hydrogen-bond acceptors (Lipinski definition) is 5. The highest BCUT2D eigenvalue weighted by Crippen LogP contribution is 2.29. The fourth-order valence-electron chi connectivity index (χ4n) is 3.08. The molecule has 2 heterocycles. The fraction of sp³-hybridized carbons (Fsp3) is 0.318. The van der Waals surface area contributed by atoms with Gasteiger partial charge in [0.25, 0.3) is 5.91 Å². The number of pyridine rings is 1. The van der Waals surface area contributed by atoms with Gasteiger partial charge in [-0.25, -0.2) is 4.79 Å². The number of aryl methyl sites for hydroxylation is 2. The summed E-state index contributed by atoms with van der Waals surface area (Å²) in [5.41, 5.74) is 2.57. The zero-order valence-corrected chi connectivity index (χ0v) is 16.3. The first kappa shape index (κ1) is 19.6. The van der Waals surface area contributed by atoms with Gasteiger partial charge in [-0.05, 0) is 50.1 Å². The van der Waals surface area contributed by atoms with Gasteiger partial charge < -0.3 is 14.5 Å². The van der Waals surface area contributed by atoms with Crippen LogP contribution in [-0.2, 0) is 17.8 Å². The number of rotatable bonds is 7. The van der Waals surface area contributed by atoms with Gasteiger partial charge in [0.05, 0.1) is 12.2 Å². The number of ether oxygens (including phenoxy) is 1. The number of carbonyl (C=O) groups excluding carboxylic acids is 1. The molecule has 1 amide bonds. The predicted molar refractivity (Wildman–Crippen MR) is 107 cm³/mol. The van der Waals surface area contributed by atoms with E-state index < -0.39 is 6.10 Å². The van der Waals surface area contributed by atoms with E-state index in [0.29, 0.717) is 23.4 Å². The van der Waals surface area contributed by atoms with Crippen LogP contribution >= 0.6 is 0 Å². The summed E-state index contributed by atoms with van der Waals surface area (Å²) >= 11 is 0. The normalized spacial score (nSPS) is 12.0. The Morgan fingerprint density at radius 3 is 2.82 bits per heavy atom. The first-order valence-corrected chi connectivity index (χ1v) is 9.40. The van der Waals surface area contributed by atoms with Crippen LogP contribution in [0.5, 0.6) is 5.75 Å². The maximum atomic E-state index is 12.4. The standard InChI is InChI=1S/C22H24N2O4/c1-4-7-16-12-20(25)28-21-14(2)19(10-9-18(16)21)27-15(3)22(26)24-13-17-8-5-6-11-23-17/h5-6,8-12,15H,4,7,13H2,1-3H3,(H,24,26)/t15-/m1/s1. The van der Waals surface area contributed by atoms with Crippen molar-refractivity contribution in [1.82, 2.24) is 10.3 Å². The lowest BCUT2D eigenvalue weighted by Crippen LogP contribution is -2.36. The van der Waals surface area contributed by atoms with Crippen molar-refractivity contribution in [1.29, 1.82) is 0 Å². The number of nitrogens with zero attached hydrogens (tertiary/aromatic N) is 1. The van der Waals surface area contributed by atoms with Gasteiger partial charge >= 0.3 is 5.63 Å². The molecule has 0 radical (unpaired) electrons. The van der Waals surface area contributed by atoms with Crippen molar-refractivity contribution in [3.05, 3.63) is 69.8 Å². The van der Waals surface area contributed by atoms with Crippen LogP contribution in [0.3, 0.4) is 0 Å². The highest BCUT2D eigenvalue weighted by molar-refractivity contribution is 5.85. The molecule has 1 N–H and O–H groups in total. The Bertz CT molecular complexity index is 1030. The van der Waals surface area contributed by atoms with E-state index in [0.717, 1.165) is 29.5 Å². The quantitative estimate of drug-likeness (QED) is 0.634. The Morgan fingerprint density at radius 1 is 1.29 bits per heavy atom. The zero-order valence-electron chi connectivity index (χ0n) is 16.3. The molecule has 3 aromatic rings. The monoisotopic (exact) mass is 380 g/mol. The van der Waals surface area contributed by atoms with Gasteiger partial charge in [0.1, 0.15) is 11.3 Å². The first-order valence-electron chi connectivity index (χ1n) is 9.40. The van der Waals surface area contributed by atoms with Crippen molar-refractivity contribution in [3.63, 3.8) is 0 Å². The Morgan fingerprint density at radius 2 is 2.11 bits per heavy atom. The molecular formula is C22H24N2O4. The number of hydrogen-bond donors (Lipinski definition) is 1. The molecule has 146 valence electrons. The van der Waals surface area contributed by atoms with Gasteiger partial charge in [0.15, 0.2) is 6.10 Å². The summed E-state index contributed by atoms with van der Waals surface area (Å²) in [7, 11) is 0. The fourth-order valence-corrected chi connectivity index (χ4v) is 3.08. The third-order valence-electron chi connectivity index (χ3n) is 4.56. The Labute approximate surface area is 163 Å².